The van der Waals surface area contributed by atoms with Crippen molar-refractivity contribution in [3.63, 3.8) is 0 Å². The Kier molecular flexibility index (Phi) is 7.18. The number of aromatic nitrogens is 1. The van der Waals surface area contributed by atoms with Crippen molar-refractivity contribution in [3.8, 4) is 28.3 Å². The van der Waals surface area contributed by atoms with Gasteiger partial charge in [0.05, 0.1) is 5.92 Å². The first kappa shape index (κ1) is 25.4. The molecule has 1 aromatic heterocycles. The average Bonchev–Trinajstić information content (AvgIpc) is 3.27. The third-order valence-electron chi connectivity index (χ3n) is 6.87. The van der Waals surface area contributed by atoms with Crippen LogP contribution in [0.3, 0.4) is 0 Å². The molecule has 1 heterocycles. The van der Waals surface area contributed by atoms with Gasteiger partial charge in [0.2, 0.25) is 8.32 Å². The predicted octanol–water partition coefficient (Wildman–Crippen LogP) is 7.80. The van der Waals surface area contributed by atoms with E-state index in [0.717, 1.165) is 11.1 Å². The second-order valence-corrected chi connectivity index (χ2v) is 15.3. The van der Waals surface area contributed by atoms with Crippen LogP contribution in [0.4, 0.5) is 0 Å². The number of hydrogen-bond acceptors (Lipinski definition) is 4. The maximum Gasteiger partial charge on any atom is 0.311 e. The van der Waals surface area contributed by atoms with Crippen LogP contribution in [0, 0.1) is 0 Å². The Balaban J connectivity index is 1.68. The maximum absolute atomic E-state index is 12.4. The van der Waals surface area contributed by atoms with Crippen LogP contribution in [-0.4, -0.2) is 24.4 Å². The van der Waals surface area contributed by atoms with Crippen molar-refractivity contribution in [3.05, 3.63) is 96.4 Å². The van der Waals surface area contributed by atoms with Crippen LogP contribution in [0.25, 0.3) is 22.6 Å². The molecule has 1 unspecified atom stereocenters. The van der Waals surface area contributed by atoms with Crippen molar-refractivity contribution >= 4 is 14.3 Å². The third kappa shape index (κ3) is 5.60. The van der Waals surface area contributed by atoms with E-state index in [4.69, 9.17) is 13.8 Å². The summed E-state index contributed by atoms with van der Waals surface area (Å²) < 4.78 is 12.6. The number of hydrogen-bond donors (Lipinski definition) is 1. The summed E-state index contributed by atoms with van der Waals surface area (Å²) in [6.45, 7) is 10.9. The maximum atomic E-state index is 12.4. The summed E-state index contributed by atoms with van der Waals surface area (Å²) in [6, 6.07) is 27.0. The minimum Gasteiger partial charge on any atom is -0.543 e. The van der Waals surface area contributed by atoms with Gasteiger partial charge in [0.25, 0.3) is 0 Å². The molecule has 4 aromatic rings. The lowest BCUT2D eigenvalue weighted by atomic mass is 9.95. The summed E-state index contributed by atoms with van der Waals surface area (Å²) in [7, 11) is -2.06. The van der Waals surface area contributed by atoms with E-state index < -0.39 is 20.2 Å². The molecule has 6 heteroatoms. The highest BCUT2D eigenvalue weighted by Gasteiger charge is 2.39. The molecule has 0 amide bonds. The molecule has 3 aromatic carbocycles. The zero-order valence-electron chi connectivity index (χ0n) is 21.5. The lowest BCUT2D eigenvalue weighted by Crippen LogP contribution is -2.43. The number of carboxylic acid groups (broad SMARTS) is 1. The lowest BCUT2D eigenvalue weighted by molar-refractivity contribution is -0.138. The van der Waals surface area contributed by atoms with Crippen molar-refractivity contribution in [1.29, 1.82) is 0 Å². The van der Waals surface area contributed by atoms with Gasteiger partial charge in [-0.05, 0) is 35.8 Å². The highest BCUT2D eigenvalue weighted by Crippen LogP contribution is 2.38. The predicted molar refractivity (Wildman–Crippen MR) is 146 cm³/mol. The van der Waals surface area contributed by atoms with Gasteiger partial charge in [-0.1, -0.05) is 93.6 Å². The molecule has 4 rings (SSSR count). The fourth-order valence-corrected chi connectivity index (χ4v) is 4.82. The lowest BCUT2D eigenvalue weighted by Gasteiger charge is -2.36. The molecular weight excluding hydrogens is 466 g/mol. The number of carbonyl (C=O) groups is 1. The number of benzene rings is 3. The molecule has 0 aliphatic carbocycles. The summed E-state index contributed by atoms with van der Waals surface area (Å²) in [5, 5.41) is 10.2. The van der Waals surface area contributed by atoms with Gasteiger partial charge in [-0.2, -0.15) is 0 Å². The van der Waals surface area contributed by atoms with Crippen molar-refractivity contribution in [2.24, 2.45) is 0 Å². The monoisotopic (exact) mass is 499 g/mol. The van der Waals surface area contributed by atoms with Crippen molar-refractivity contribution in [1.82, 2.24) is 4.98 Å². The van der Waals surface area contributed by atoms with Gasteiger partial charge in [0.1, 0.15) is 11.4 Å². The SMILES string of the molecule is CC(C)(C)[Si](C)(C)Oc1cccc(C(Cc2nc(-c3ccccc3)c(-c3ccccc3)o2)C(=O)O)c1. The molecule has 0 aliphatic heterocycles. The molecule has 1 N–H and O–H groups in total. The van der Waals surface area contributed by atoms with Crippen LogP contribution in [0.1, 0.15) is 38.1 Å². The average molecular weight is 500 g/mol. The van der Waals surface area contributed by atoms with Gasteiger partial charge >= 0.3 is 5.97 Å². The van der Waals surface area contributed by atoms with E-state index in [1.807, 2.05) is 84.9 Å². The number of aliphatic carboxylic acids is 1. The van der Waals surface area contributed by atoms with Gasteiger partial charge in [-0.15, -0.1) is 0 Å². The standard InChI is InChI=1S/C30H33NO4Si/c1-30(2,3)36(4,5)35-24-18-12-17-23(19-24)25(29(32)33)20-26-31-27(21-13-8-6-9-14-21)28(34-26)22-15-10-7-11-16-22/h6-19,25H,20H2,1-5H3,(H,32,33). The van der Waals surface area contributed by atoms with E-state index in [9.17, 15) is 9.90 Å². The summed E-state index contributed by atoms with van der Waals surface area (Å²) in [5.74, 6) is -0.0291. The molecule has 0 aliphatic rings. The van der Waals surface area contributed by atoms with Crippen molar-refractivity contribution < 1.29 is 18.7 Å². The molecule has 36 heavy (non-hydrogen) atoms. The zero-order chi connectivity index (χ0) is 25.9. The van der Waals surface area contributed by atoms with Crippen LogP contribution in [0.5, 0.6) is 5.75 Å². The van der Waals surface area contributed by atoms with E-state index >= 15 is 0 Å². The first-order chi connectivity index (χ1) is 17.0. The van der Waals surface area contributed by atoms with E-state index in [2.05, 4.69) is 33.9 Å². The van der Waals surface area contributed by atoms with Crippen LogP contribution in [0.15, 0.2) is 89.3 Å². The molecule has 0 radical (unpaired) electrons. The Labute approximate surface area is 213 Å². The summed E-state index contributed by atoms with van der Waals surface area (Å²) in [5.41, 5.74) is 3.19. The molecular formula is C30H33NO4Si. The van der Waals surface area contributed by atoms with E-state index in [-0.39, 0.29) is 11.5 Å². The second kappa shape index (κ2) is 10.2. The fraction of sp³-hybridized carbons (Fsp3) is 0.267. The van der Waals surface area contributed by atoms with Gasteiger partial charge in [0.15, 0.2) is 11.7 Å². The fourth-order valence-electron chi connectivity index (χ4n) is 3.79. The highest BCUT2D eigenvalue weighted by molar-refractivity contribution is 6.74. The van der Waals surface area contributed by atoms with E-state index in [1.54, 1.807) is 0 Å². The molecule has 0 saturated carbocycles. The summed E-state index contributed by atoms with van der Waals surface area (Å²) in [6.07, 6.45) is 0.131. The Morgan fingerprint density at radius 1 is 0.944 bits per heavy atom. The molecule has 0 spiro atoms. The summed E-state index contributed by atoms with van der Waals surface area (Å²) in [4.78, 5) is 17.2. The smallest absolute Gasteiger partial charge is 0.311 e. The van der Waals surface area contributed by atoms with Crippen molar-refractivity contribution in [2.45, 2.75) is 51.2 Å². The Hall–Kier alpha value is -3.64. The second-order valence-electron chi connectivity index (χ2n) is 10.5. The molecule has 1 atom stereocenters. The van der Waals surface area contributed by atoms with Gasteiger partial charge < -0.3 is 13.9 Å². The molecule has 0 bridgehead atoms. The Morgan fingerprint density at radius 3 is 2.14 bits per heavy atom. The normalized spacial score (nSPS) is 12.8. The topological polar surface area (TPSA) is 72.6 Å². The van der Waals surface area contributed by atoms with Crippen LogP contribution in [0.2, 0.25) is 18.1 Å². The van der Waals surface area contributed by atoms with Crippen LogP contribution in [-0.2, 0) is 11.2 Å². The number of carboxylic acids is 1. The first-order valence-corrected chi connectivity index (χ1v) is 15.1. The molecule has 0 fully saturated rings. The van der Waals surface area contributed by atoms with Gasteiger partial charge in [-0.3, -0.25) is 4.79 Å². The highest BCUT2D eigenvalue weighted by atomic mass is 28.4. The Bertz CT molecular complexity index is 1270. The third-order valence-corrected chi connectivity index (χ3v) is 11.2. The summed E-state index contributed by atoms with van der Waals surface area (Å²) >= 11 is 0. The Morgan fingerprint density at radius 2 is 1.56 bits per heavy atom. The molecule has 0 saturated heterocycles. The molecule has 5 nitrogen and oxygen atoms in total. The van der Waals surface area contributed by atoms with Crippen molar-refractivity contribution in [2.75, 3.05) is 0 Å². The number of oxazole rings is 1. The quantitative estimate of drug-likeness (QED) is 0.250. The number of rotatable bonds is 8. The van der Waals surface area contributed by atoms with E-state index in [0.29, 0.717) is 28.7 Å². The zero-order valence-corrected chi connectivity index (χ0v) is 22.5. The van der Waals surface area contributed by atoms with Gasteiger partial charge in [-0.25, -0.2) is 4.98 Å². The van der Waals surface area contributed by atoms with Crippen LogP contribution < -0.4 is 4.43 Å². The van der Waals surface area contributed by atoms with Crippen LogP contribution >= 0.6 is 0 Å². The van der Waals surface area contributed by atoms with E-state index in [1.165, 1.54) is 0 Å². The minimum atomic E-state index is -2.06. The van der Waals surface area contributed by atoms with Gasteiger partial charge in [0, 0.05) is 17.5 Å². The molecule has 186 valence electrons. The largest absolute Gasteiger partial charge is 0.543 e. The number of nitrogens with zero attached hydrogens (tertiary/aromatic N) is 1. The minimum absolute atomic E-state index is 0.0367. The first-order valence-electron chi connectivity index (χ1n) is 12.2.